The number of hydrogen-bond acceptors (Lipinski definition) is 3. The minimum Gasteiger partial charge on any atom is -0.469 e. The molecule has 0 aliphatic heterocycles. The molecular formula is C12H19BO3. The normalized spacial score (nSPS) is 24.6. The average Bonchev–Trinajstić information content (AvgIpc) is 2.62. The average molecular weight is 222 g/mol. The Balaban J connectivity index is 2.41. The van der Waals surface area contributed by atoms with Crippen LogP contribution in [0.5, 0.6) is 0 Å². The minimum atomic E-state index is -1.49. The molecule has 1 aromatic heterocycles. The molecule has 1 aliphatic rings. The Morgan fingerprint density at radius 3 is 2.62 bits per heavy atom. The van der Waals surface area contributed by atoms with E-state index in [1.54, 1.807) is 6.07 Å². The zero-order valence-electron chi connectivity index (χ0n) is 10.1. The third-order valence-electron chi connectivity index (χ3n) is 3.65. The van der Waals surface area contributed by atoms with Crippen LogP contribution in [0.2, 0.25) is 0 Å². The lowest BCUT2D eigenvalue weighted by Crippen LogP contribution is -2.28. The van der Waals surface area contributed by atoms with E-state index in [1.807, 2.05) is 0 Å². The Labute approximate surface area is 96.6 Å². The maximum atomic E-state index is 9.15. The van der Waals surface area contributed by atoms with Gasteiger partial charge in [0.1, 0.15) is 11.4 Å². The van der Waals surface area contributed by atoms with Crippen LogP contribution in [0.1, 0.15) is 56.8 Å². The summed E-state index contributed by atoms with van der Waals surface area (Å²) in [6.07, 6.45) is 2.27. The van der Waals surface area contributed by atoms with Crippen LogP contribution in [-0.2, 0) is 0 Å². The molecule has 1 aliphatic carbocycles. The highest BCUT2D eigenvalue weighted by Gasteiger charge is 2.32. The fourth-order valence-electron chi connectivity index (χ4n) is 2.59. The van der Waals surface area contributed by atoms with Crippen molar-refractivity contribution in [2.45, 2.75) is 45.4 Å². The van der Waals surface area contributed by atoms with Crippen molar-refractivity contribution in [1.29, 1.82) is 0 Å². The van der Waals surface area contributed by atoms with Crippen molar-refractivity contribution < 1.29 is 14.5 Å². The molecule has 4 heteroatoms. The van der Waals surface area contributed by atoms with Gasteiger partial charge in [0.25, 0.3) is 0 Å². The van der Waals surface area contributed by atoms with Gasteiger partial charge in [0, 0.05) is 5.92 Å². The van der Waals surface area contributed by atoms with Crippen molar-refractivity contribution in [1.82, 2.24) is 0 Å². The van der Waals surface area contributed by atoms with Gasteiger partial charge in [-0.15, -0.1) is 0 Å². The molecule has 0 fully saturated rings. The quantitative estimate of drug-likeness (QED) is 0.747. The lowest BCUT2D eigenvalue weighted by molar-refractivity contribution is 0.337. The molecule has 1 aromatic rings. The number of hydrogen-bond donors (Lipinski definition) is 2. The second-order valence-corrected chi connectivity index (χ2v) is 5.17. The molecule has 0 unspecified atom stereocenters. The lowest BCUT2D eigenvalue weighted by Gasteiger charge is -2.27. The molecule has 2 N–H and O–H groups in total. The Morgan fingerprint density at radius 1 is 1.38 bits per heavy atom. The molecule has 2 rings (SSSR count). The van der Waals surface area contributed by atoms with E-state index in [0.717, 1.165) is 24.2 Å². The first-order valence-corrected chi connectivity index (χ1v) is 6.00. The highest BCUT2D eigenvalue weighted by atomic mass is 16.4. The van der Waals surface area contributed by atoms with E-state index in [4.69, 9.17) is 14.5 Å². The molecule has 0 saturated carbocycles. The van der Waals surface area contributed by atoms with Gasteiger partial charge in [0.05, 0.1) is 0 Å². The van der Waals surface area contributed by atoms with E-state index in [0.29, 0.717) is 17.8 Å². The number of furan rings is 1. The Bertz CT molecular complexity index is 370. The van der Waals surface area contributed by atoms with E-state index in [2.05, 4.69) is 20.8 Å². The maximum Gasteiger partial charge on any atom is 0.526 e. The largest absolute Gasteiger partial charge is 0.526 e. The van der Waals surface area contributed by atoms with Crippen LogP contribution in [0.4, 0.5) is 0 Å². The van der Waals surface area contributed by atoms with E-state index in [-0.39, 0.29) is 5.66 Å². The summed E-state index contributed by atoms with van der Waals surface area (Å²) < 4.78 is 5.61. The van der Waals surface area contributed by atoms with Crippen molar-refractivity contribution >= 4 is 12.8 Å². The fourth-order valence-corrected chi connectivity index (χ4v) is 2.59. The van der Waals surface area contributed by atoms with E-state index < -0.39 is 7.12 Å². The van der Waals surface area contributed by atoms with Crippen LogP contribution in [-0.4, -0.2) is 17.2 Å². The summed E-state index contributed by atoms with van der Waals surface area (Å²) in [5, 5.41) is 18.3. The molecule has 1 heterocycles. The van der Waals surface area contributed by atoms with Gasteiger partial charge < -0.3 is 14.5 Å². The molecule has 0 saturated heterocycles. The van der Waals surface area contributed by atoms with Crippen LogP contribution in [0.25, 0.3) is 0 Å². The van der Waals surface area contributed by atoms with Crippen molar-refractivity contribution in [3.05, 3.63) is 17.4 Å². The topological polar surface area (TPSA) is 53.6 Å². The van der Waals surface area contributed by atoms with Gasteiger partial charge in [-0.25, -0.2) is 0 Å². The van der Waals surface area contributed by atoms with Crippen molar-refractivity contribution in [2.24, 2.45) is 5.92 Å². The Kier molecular flexibility index (Phi) is 3.13. The Hall–Kier alpha value is -0.735. The third kappa shape index (κ3) is 1.92. The van der Waals surface area contributed by atoms with Crippen LogP contribution in [0.3, 0.4) is 0 Å². The highest BCUT2D eigenvalue weighted by Crippen LogP contribution is 2.42. The summed E-state index contributed by atoms with van der Waals surface area (Å²) >= 11 is 0. The first kappa shape index (κ1) is 11.7. The Morgan fingerprint density at radius 2 is 2.06 bits per heavy atom. The predicted molar refractivity (Wildman–Crippen MR) is 63.8 cm³/mol. The summed E-state index contributed by atoms with van der Waals surface area (Å²) in [6, 6.07) is 1.80. The molecule has 3 nitrogen and oxygen atoms in total. The smallest absolute Gasteiger partial charge is 0.469 e. The van der Waals surface area contributed by atoms with Gasteiger partial charge in [-0.1, -0.05) is 20.8 Å². The molecular weight excluding hydrogens is 203 g/mol. The summed E-state index contributed by atoms with van der Waals surface area (Å²) in [5.74, 6) is 2.37. The zero-order valence-corrected chi connectivity index (χ0v) is 10.1. The van der Waals surface area contributed by atoms with Gasteiger partial charge in [-0.3, -0.25) is 0 Å². The summed E-state index contributed by atoms with van der Waals surface area (Å²) in [4.78, 5) is 0. The predicted octanol–water partition coefficient (Wildman–Crippen LogP) is 1.60. The van der Waals surface area contributed by atoms with E-state index in [9.17, 15) is 0 Å². The van der Waals surface area contributed by atoms with Gasteiger partial charge in [0.15, 0.2) is 0 Å². The monoisotopic (exact) mass is 222 g/mol. The van der Waals surface area contributed by atoms with Crippen LogP contribution < -0.4 is 5.66 Å². The van der Waals surface area contributed by atoms with Crippen LogP contribution in [0, 0.1) is 5.92 Å². The first-order valence-electron chi connectivity index (χ1n) is 6.00. The third-order valence-corrected chi connectivity index (χ3v) is 3.65. The van der Waals surface area contributed by atoms with Crippen molar-refractivity contribution in [3.63, 3.8) is 0 Å². The van der Waals surface area contributed by atoms with E-state index in [1.165, 1.54) is 0 Å². The summed E-state index contributed by atoms with van der Waals surface area (Å²) in [5.41, 5.74) is 1.44. The molecule has 0 bridgehead atoms. The zero-order chi connectivity index (χ0) is 11.9. The molecule has 16 heavy (non-hydrogen) atoms. The molecule has 0 radical (unpaired) electrons. The van der Waals surface area contributed by atoms with E-state index >= 15 is 0 Å². The van der Waals surface area contributed by atoms with Gasteiger partial charge in [0.2, 0.25) is 0 Å². The van der Waals surface area contributed by atoms with Crippen LogP contribution in [0.15, 0.2) is 10.5 Å². The fraction of sp³-hybridized carbons (Fsp3) is 0.667. The maximum absolute atomic E-state index is 9.15. The van der Waals surface area contributed by atoms with Crippen molar-refractivity contribution in [3.8, 4) is 0 Å². The second kappa shape index (κ2) is 4.26. The summed E-state index contributed by atoms with van der Waals surface area (Å²) in [7, 11) is -1.49. The number of fused-ring (bicyclic) bond motifs is 1. The molecule has 2 atom stereocenters. The first-order chi connectivity index (χ1) is 7.50. The molecule has 0 aromatic carbocycles. The minimum absolute atomic E-state index is 0.282. The van der Waals surface area contributed by atoms with Gasteiger partial charge in [-0.2, -0.15) is 0 Å². The molecule has 88 valence electrons. The summed E-state index contributed by atoms with van der Waals surface area (Å²) in [6.45, 7) is 6.53. The van der Waals surface area contributed by atoms with Crippen LogP contribution >= 0.6 is 0 Å². The van der Waals surface area contributed by atoms with Crippen molar-refractivity contribution in [2.75, 3.05) is 0 Å². The SMILES string of the molecule is CC(C)[C@@H]1CC[C@@H](C)c2cc(B(O)O)oc21. The second-order valence-electron chi connectivity index (χ2n) is 5.17. The van der Waals surface area contributed by atoms with Gasteiger partial charge in [-0.05, 0) is 36.3 Å². The number of rotatable bonds is 2. The molecule has 0 amide bonds. The lowest BCUT2D eigenvalue weighted by atomic mass is 9.76. The highest BCUT2D eigenvalue weighted by molar-refractivity contribution is 6.57. The molecule has 0 spiro atoms. The van der Waals surface area contributed by atoms with Gasteiger partial charge >= 0.3 is 7.12 Å². The standard InChI is InChI=1S/C12H19BO3/c1-7(2)9-5-4-8(3)10-6-11(13(14)15)16-12(9)10/h6-9,14-15H,4-5H2,1-3H3/t8-,9+/m1/s1.